The molecule has 0 aromatic heterocycles. The Kier molecular flexibility index (Phi) is 3.95. The van der Waals surface area contributed by atoms with Crippen molar-refractivity contribution < 1.29 is 4.79 Å². The van der Waals surface area contributed by atoms with Crippen LogP contribution in [-0.4, -0.2) is 52.4 Å². The van der Waals surface area contributed by atoms with Gasteiger partial charge in [-0.1, -0.05) is 17.3 Å². The predicted octanol–water partition coefficient (Wildman–Crippen LogP) is 2.18. The summed E-state index contributed by atoms with van der Waals surface area (Å²) in [5, 5.41) is 1.02. The van der Waals surface area contributed by atoms with Crippen molar-refractivity contribution in [2.45, 2.75) is 45.9 Å². The van der Waals surface area contributed by atoms with Gasteiger partial charge in [0.15, 0.2) is 5.17 Å². The van der Waals surface area contributed by atoms with Crippen LogP contribution in [0.2, 0.25) is 0 Å². The quantitative estimate of drug-likeness (QED) is 0.739. The average Bonchev–Trinajstić information content (AvgIpc) is 2.32. The fourth-order valence-corrected chi connectivity index (χ4v) is 3.84. The van der Waals surface area contributed by atoms with E-state index < -0.39 is 0 Å². The SMILES string of the molecule is CSC1=NC(C)C2C(C)=CC(=O)N(C(C)C)C2N1C. The van der Waals surface area contributed by atoms with Crippen molar-refractivity contribution in [3.8, 4) is 0 Å². The number of fused-ring (bicyclic) bond motifs is 1. The summed E-state index contributed by atoms with van der Waals surface area (Å²) < 4.78 is 0. The molecule has 0 aromatic rings. The summed E-state index contributed by atoms with van der Waals surface area (Å²) >= 11 is 1.65. The molecule has 0 fully saturated rings. The molecule has 2 aliphatic heterocycles. The summed E-state index contributed by atoms with van der Waals surface area (Å²) in [7, 11) is 2.04. The zero-order valence-corrected chi connectivity index (χ0v) is 13.4. The van der Waals surface area contributed by atoms with E-state index in [0.717, 1.165) is 10.7 Å². The van der Waals surface area contributed by atoms with Gasteiger partial charge in [0.1, 0.15) is 6.17 Å². The molecule has 0 radical (unpaired) electrons. The minimum Gasteiger partial charge on any atom is -0.333 e. The smallest absolute Gasteiger partial charge is 0.248 e. The van der Waals surface area contributed by atoms with Gasteiger partial charge in [-0.2, -0.15) is 0 Å². The highest BCUT2D eigenvalue weighted by molar-refractivity contribution is 8.13. The number of nitrogens with zero attached hydrogens (tertiary/aromatic N) is 3. The molecule has 4 nitrogen and oxygen atoms in total. The lowest BCUT2D eigenvalue weighted by molar-refractivity contribution is -0.136. The molecule has 0 N–H and O–H groups in total. The first-order valence-corrected chi connectivity index (χ1v) is 7.96. The monoisotopic (exact) mass is 281 g/mol. The second-order valence-electron chi connectivity index (χ2n) is 5.63. The summed E-state index contributed by atoms with van der Waals surface area (Å²) in [4.78, 5) is 21.2. The van der Waals surface area contributed by atoms with E-state index in [4.69, 9.17) is 4.99 Å². The van der Waals surface area contributed by atoms with Crippen LogP contribution in [0.1, 0.15) is 27.7 Å². The topological polar surface area (TPSA) is 35.9 Å². The van der Waals surface area contributed by atoms with Crippen molar-refractivity contribution in [1.29, 1.82) is 0 Å². The molecule has 0 aliphatic carbocycles. The van der Waals surface area contributed by atoms with Gasteiger partial charge in [-0.15, -0.1) is 0 Å². The van der Waals surface area contributed by atoms with Crippen LogP contribution in [0.25, 0.3) is 0 Å². The summed E-state index contributed by atoms with van der Waals surface area (Å²) in [6.07, 6.45) is 3.91. The minimum absolute atomic E-state index is 0.0902. The number of rotatable bonds is 1. The normalized spacial score (nSPS) is 31.3. The molecule has 2 aliphatic rings. The van der Waals surface area contributed by atoms with E-state index >= 15 is 0 Å². The highest BCUT2D eigenvalue weighted by Crippen LogP contribution is 2.36. The number of hydrogen-bond donors (Lipinski definition) is 0. The van der Waals surface area contributed by atoms with Crippen molar-refractivity contribution in [3.63, 3.8) is 0 Å². The van der Waals surface area contributed by atoms with Gasteiger partial charge in [-0.25, -0.2) is 0 Å². The molecular weight excluding hydrogens is 258 g/mol. The zero-order valence-electron chi connectivity index (χ0n) is 12.5. The number of thioether (sulfide) groups is 1. The zero-order chi connectivity index (χ0) is 14.3. The van der Waals surface area contributed by atoms with Crippen LogP contribution in [0.5, 0.6) is 0 Å². The van der Waals surface area contributed by atoms with Gasteiger partial charge in [0.25, 0.3) is 0 Å². The van der Waals surface area contributed by atoms with Crippen molar-refractivity contribution in [3.05, 3.63) is 11.6 Å². The standard InChI is InChI=1S/C14H23N3OS/c1-8(2)17-11(18)7-9(3)12-10(4)15-14(19-6)16(5)13(12)17/h7-8,10,12-13H,1-6H3. The van der Waals surface area contributed by atoms with Gasteiger partial charge < -0.3 is 9.80 Å². The Bertz CT molecular complexity index is 444. The Morgan fingerprint density at radius 1 is 1.42 bits per heavy atom. The molecule has 5 heteroatoms. The van der Waals surface area contributed by atoms with Crippen molar-refractivity contribution >= 4 is 22.8 Å². The van der Waals surface area contributed by atoms with E-state index in [0.29, 0.717) is 5.92 Å². The highest BCUT2D eigenvalue weighted by Gasteiger charge is 2.45. The van der Waals surface area contributed by atoms with Crippen molar-refractivity contribution in [2.24, 2.45) is 10.9 Å². The predicted molar refractivity (Wildman–Crippen MR) is 81.2 cm³/mol. The maximum absolute atomic E-state index is 12.3. The Hall–Kier alpha value is -0.970. The number of carbonyl (C=O) groups is 1. The first-order valence-electron chi connectivity index (χ1n) is 6.73. The number of amides is 1. The molecule has 1 amide bonds. The first kappa shape index (κ1) is 14.4. The Morgan fingerprint density at radius 2 is 2.05 bits per heavy atom. The van der Waals surface area contributed by atoms with Gasteiger partial charge in [-0.3, -0.25) is 9.79 Å². The van der Waals surface area contributed by atoms with Crippen LogP contribution < -0.4 is 0 Å². The molecule has 2 rings (SSSR count). The van der Waals surface area contributed by atoms with Crippen LogP contribution in [0.15, 0.2) is 16.6 Å². The molecule has 0 aromatic carbocycles. The van der Waals surface area contributed by atoms with Gasteiger partial charge in [0, 0.05) is 25.1 Å². The third-order valence-corrected chi connectivity index (χ3v) is 4.77. The maximum atomic E-state index is 12.3. The maximum Gasteiger partial charge on any atom is 0.248 e. The highest BCUT2D eigenvalue weighted by atomic mass is 32.2. The molecule has 3 atom stereocenters. The number of carbonyl (C=O) groups excluding carboxylic acids is 1. The van der Waals surface area contributed by atoms with E-state index in [2.05, 4.69) is 32.6 Å². The van der Waals surface area contributed by atoms with Gasteiger partial charge in [-0.05, 0) is 34.0 Å². The van der Waals surface area contributed by atoms with Crippen LogP contribution in [0, 0.1) is 5.92 Å². The average molecular weight is 281 g/mol. The number of hydrogen-bond acceptors (Lipinski definition) is 4. The van der Waals surface area contributed by atoms with E-state index in [9.17, 15) is 4.79 Å². The van der Waals surface area contributed by atoms with E-state index in [-0.39, 0.29) is 24.2 Å². The Labute approximate surface area is 119 Å². The number of amidine groups is 1. The van der Waals surface area contributed by atoms with Gasteiger partial charge in [0.05, 0.1) is 6.04 Å². The molecule has 3 unspecified atom stereocenters. The lowest BCUT2D eigenvalue weighted by atomic mass is 9.84. The van der Waals surface area contributed by atoms with Crippen LogP contribution in [-0.2, 0) is 4.79 Å². The van der Waals surface area contributed by atoms with Gasteiger partial charge in [0.2, 0.25) is 5.91 Å². The van der Waals surface area contributed by atoms with E-state index in [1.165, 1.54) is 0 Å². The van der Waals surface area contributed by atoms with Crippen LogP contribution >= 0.6 is 11.8 Å². The molecular formula is C14H23N3OS. The molecule has 0 saturated carbocycles. The lowest BCUT2D eigenvalue weighted by Crippen LogP contribution is -2.62. The summed E-state index contributed by atoms with van der Waals surface area (Å²) in [6, 6.07) is 0.412. The fraction of sp³-hybridized carbons (Fsp3) is 0.714. The second kappa shape index (κ2) is 5.19. The second-order valence-corrected chi connectivity index (χ2v) is 6.41. The van der Waals surface area contributed by atoms with E-state index in [1.807, 2.05) is 18.2 Å². The third kappa shape index (κ3) is 2.29. The third-order valence-electron chi connectivity index (χ3n) is 4.01. The molecule has 106 valence electrons. The molecule has 0 saturated heterocycles. The number of aliphatic imine (C=N–C) groups is 1. The lowest BCUT2D eigenvalue weighted by Gasteiger charge is -2.51. The molecule has 0 bridgehead atoms. The first-order chi connectivity index (χ1) is 8.88. The fourth-order valence-electron chi connectivity index (χ4n) is 3.18. The summed E-state index contributed by atoms with van der Waals surface area (Å²) in [5.74, 6) is 0.413. The van der Waals surface area contributed by atoms with E-state index in [1.54, 1.807) is 17.8 Å². The summed E-state index contributed by atoms with van der Waals surface area (Å²) in [5.41, 5.74) is 1.15. The van der Waals surface area contributed by atoms with Gasteiger partial charge >= 0.3 is 0 Å². The Balaban J connectivity index is 2.50. The van der Waals surface area contributed by atoms with Crippen LogP contribution in [0.3, 0.4) is 0 Å². The van der Waals surface area contributed by atoms with Crippen molar-refractivity contribution in [2.75, 3.05) is 13.3 Å². The summed E-state index contributed by atoms with van der Waals surface area (Å²) in [6.45, 7) is 8.35. The largest absolute Gasteiger partial charge is 0.333 e. The minimum atomic E-state index is 0.0902. The molecule has 0 spiro atoms. The van der Waals surface area contributed by atoms with Crippen LogP contribution in [0.4, 0.5) is 0 Å². The Morgan fingerprint density at radius 3 is 2.58 bits per heavy atom. The molecule has 19 heavy (non-hydrogen) atoms. The molecule has 2 heterocycles. The van der Waals surface area contributed by atoms with Crippen molar-refractivity contribution in [1.82, 2.24) is 9.80 Å².